The summed E-state index contributed by atoms with van der Waals surface area (Å²) in [4.78, 5) is 10.2. The molecule has 0 aromatic carbocycles. The molecule has 3 nitrogen and oxygen atoms in total. The molecule has 126 valence electrons. The maximum atomic E-state index is 10.2. The van der Waals surface area contributed by atoms with Crippen LogP contribution in [0.4, 0.5) is 0 Å². The summed E-state index contributed by atoms with van der Waals surface area (Å²) in [5, 5.41) is 20.0. The Bertz CT molecular complexity index is 229. The van der Waals surface area contributed by atoms with E-state index in [4.69, 9.17) is 0 Å². The van der Waals surface area contributed by atoms with Gasteiger partial charge in [-0.15, -0.1) is 0 Å². The zero-order valence-corrected chi connectivity index (χ0v) is 13.9. The summed E-state index contributed by atoms with van der Waals surface area (Å²) >= 11 is 0. The standard InChI is InChI=1S/C18H36O3/c1-2-3-11-14-17(19)15-12-9-7-5-4-6-8-10-13-16-18(20)21/h17,19H,2-16H2,1H3,(H,20,21)/p-1. The average molecular weight is 299 g/mol. The fraction of sp³-hybridized carbons (Fsp3) is 0.944. The van der Waals surface area contributed by atoms with E-state index < -0.39 is 5.97 Å². The number of carboxylic acids is 1. The van der Waals surface area contributed by atoms with Gasteiger partial charge in [0.05, 0.1) is 6.10 Å². The van der Waals surface area contributed by atoms with Crippen LogP contribution in [0.3, 0.4) is 0 Å². The Labute approximate surface area is 131 Å². The van der Waals surface area contributed by atoms with Gasteiger partial charge in [0, 0.05) is 5.97 Å². The quantitative estimate of drug-likeness (QED) is 0.439. The Morgan fingerprint density at radius 2 is 1.24 bits per heavy atom. The molecule has 21 heavy (non-hydrogen) atoms. The molecule has 0 aromatic heterocycles. The number of rotatable bonds is 16. The zero-order valence-electron chi connectivity index (χ0n) is 13.9. The molecule has 1 unspecified atom stereocenters. The summed E-state index contributed by atoms with van der Waals surface area (Å²) in [5.74, 6) is -0.924. The van der Waals surface area contributed by atoms with Crippen molar-refractivity contribution in [2.24, 2.45) is 0 Å². The molecule has 0 rings (SSSR count). The molecule has 0 heterocycles. The SMILES string of the molecule is CCCCCC(O)CCCCCCCCCCCC(=O)[O-]. The van der Waals surface area contributed by atoms with Crippen LogP contribution in [0.15, 0.2) is 0 Å². The van der Waals surface area contributed by atoms with Gasteiger partial charge in [-0.2, -0.15) is 0 Å². The minimum absolute atomic E-state index is 0.0831. The maximum absolute atomic E-state index is 10.2. The maximum Gasteiger partial charge on any atom is 0.0540 e. The van der Waals surface area contributed by atoms with Gasteiger partial charge in [0.1, 0.15) is 0 Å². The van der Waals surface area contributed by atoms with Gasteiger partial charge in [0.25, 0.3) is 0 Å². The van der Waals surface area contributed by atoms with Crippen molar-refractivity contribution < 1.29 is 15.0 Å². The van der Waals surface area contributed by atoms with Crippen LogP contribution in [0.5, 0.6) is 0 Å². The number of aliphatic hydroxyl groups excluding tert-OH is 1. The van der Waals surface area contributed by atoms with Crippen LogP contribution in [0.2, 0.25) is 0 Å². The number of aliphatic hydroxyl groups is 1. The molecule has 0 aliphatic carbocycles. The van der Waals surface area contributed by atoms with Gasteiger partial charge in [0.15, 0.2) is 0 Å². The van der Waals surface area contributed by atoms with E-state index in [9.17, 15) is 15.0 Å². The topological polar surface area (TPSA) is 60.4 Å². The average Bonchev–Trinajstić information content (AvgIpc) is 2.44. The predicted octanol–water partition coefficient (Wildman–Crippen LogP) is 3.97. The van der Waals surface area contributed by atoms with Crippen LogP contribution in [-0.2, 0) is 4.79 Å². The number of unbranched alkanes of at least 4 members (excludes halogenated alkanes) is 10. The molecule has 1 N–H and O–H groups in total. The van der Waals surface area contributed by atoms with Crippen LogP contribution < -0.4 is 5.11 Å². The Morgan fingerprint density at radius 3 is 1.71 bits per heavy atom. The number of hydrogen-bond donors (Lipinski definition) is 1. The van der Waals surface area contributed by atoms with Gasteiger partial charge in [-0.25, -0.2) is 0 Å². The van der Waals surface area contributed by atoms with Crippen molar-refractivity contribution >= 4 is 5.97 Å². The van der Waals surface area contributed by atoms with E-state index in [0.717, 1.165) is 44.9 Å². The van der Waals surface area contributed by atoms with Crippen molar-refractivity contribution in [1.82, 2.24) is 0 Å². The van der Waals surface area contributed by atoms with E-state index in [-0.39, 0.29) is 12.5 Å². The van der Waals surface area contributed by atoms with E-state index in [1.807, 2.05) is 0 Å². The molecule has 0 aliphatic rings. The summed E-state index contributed by atoms with van der Waals surface area (Å²) in [5.41, 5.74) is 0. The third kappa shape index (κ3) is 17.4. The van der Waals surface area contributed by atoms with Gasteiger partial charge in [-0.3, -0.25) is 0 Å². The first-order chi connectivity index (χ1) is 10.2. The lowest BCUT2D eigenvalue weighted by molar-refractivity contribution is -0.305. The van der Waals surface area contributed by atoms with Crippen molar-refractivity contribution in [3.8, 4) is 0 Å². The summed E-state index contributed by atoms with van der Waals surface area (Å²) in [6.45, 7) is 2.19. The molecule has 0 fully saturated rings. The fourth-order valence-electron chi connectivity index (χ4n) is 2.66. The number of hydrogen-bond acceptors (Lipinski definition) is 3. The van der Waals surface area contributed by atoms with Gasteiger partial charge >= 0.3 is 0 Å². The Balaban J connectivity index is 3.10. The minimum atomic E-state index is -0.924. The molecule has 0 spiro atoms. The molecule has 0 amide bonds. The first-order valence-electron chi connectivity index (χ1n) is 9.04. The van der Waals surface area contributed by atoms with E-state index in [1.54, 1.807) is 0 Å². The fourth-order valence-corrected chi connectivity index (χ4v) is 2.66. The van der Waals surface area contributed by atoms with Crippen LogP contribution in [0.1, 0.15) is 103 Å². The second-order valence-electron chi connectivity index (χ2n) is 6.24. The first-order valence-corrected chi connectivity index (χ1v) is 9.04. The van der Waals surface area contributed by atoms with E-state index in [2.05, 4.69) is 6.92 Å². The zero-order chi connectivity index (χ0) is 15.8. The molecule has 1 atom stereocenters. The Morgan fingerprint density at radius 1 is 0.810 bits per heavy atom. The van der Waals surface area contributed by atoms with Crippen molar-refractivity contribution in [2.45, 2.75) is 109 Å². The number of carbonyl (C=O) groups is 1. The smallest absolute Gasteiger partial charge is 0.0540 e. The molecule has 3 heteroatoms. The van der Waals surface area contributed by atoms with Gasteiger partial charge in [-0.05, 0) is 25.7 Å². The van der Waals surface area contributed by atoms with E-state index >= 15 is 0 Å². The lowest BCUT2D eigenvalue weighted by atomic mass is 10.0. The molecule has 0 bridgehead atoms. The largest absolute Gasteiger partial charge is 0.550 e. The summed E-state index contributed by atoms with van der Waals surface area (Å²) in [6, 6.07) is 0. The van der Waals surface area contributed by atoms with Crippen LogP contribution in [0.25, 0.3) is 0 Å². The molecule has 0 aliphatic heterocycles. The highest BCUT2D eigenvalue weighted by Gasteiger charge is 2.03. The monoisotopic (exact) mass is 299 g/mol. The van der Waals surface area contributed by atoms with Crippen LogP contribution in [0, 0.1) is 0 Å². The second kappa shape index (κ2) is 15.8. The first kappa shape index (κ1) is 20.4. The van der Waals surface area contributed by atoms with Gasteiger partial charge < -0.3 is 15.0 Å². The third-order valence-electron chi connectivity index (χ3n) is 4.06. The number of carbonyl (C=O) groups excluding carboxylic acids is 1. The predicted molar refractivity (Wildman–Crippen MR) is 85.9 cm³/mol. The minimum Gasteiger partial charge on any atom is -0.550 e. The third-order valence-corrected chi connectivity index (χ3v) is 4.06. The number of carboxylic acid groups (broad SMARTS) is 1. The van der Waals surface area contributed by atoms with E-state index in [1.165, 1.54) is 44.9 Å². The highest BCUT2D eigenvalue weighted by molar-refractivity contribution is 5.63. The molecule has 0 saturated heterocycles. The molecular formula is C18H35O3-. The lowest BCUT2D eigenvalue weighted by Crippen LogP contribution is -2.21. The Kier molecular flexibility index (Phi) is 15.4. The second-order valence-corrected chi connectivity index (χ2v) is 6.24. The summed E-state index contributed by atoms with van der Waals surface area (Å²) in [6.07, 6.45) is 16.0. The van der Waals surface area contributed by atoms with Crippen LogP contribution >= 0.6 is 0 Å². The number of aliphatic carboxylic acids is 1. The van der Waals surface area contributed by atoms with Gasteiger partial charge in [-0.1, -0.05) is 77.6 Å². The van der Waals surface area contributed by atoms with Crippen molar-refractivity contribution in [2.75, 3.05) is 0 Å². The van der Waals surface area contributed by atoms with E-state index in [0.29, 0.717) is 0 Å². The van der Waals surface area contributed by atoms with Crippen molar-refractivity contribution in [3.05, 3.63) is 0 Å². The molecular weight excluding hydrogens is 264 g/mol. The van der Waals surface area contributed by atoms with Crippen LogP contribution in [-0.4, -0.2) is 17.2 Å². The van der Waals surface area contributed by atoms with Gasteiger partial charge in [0.2, 0.25) is 0 Å². The highest BCUT2D eigenvalue weighted by Crippen LogP contribution is 2.14. The highest BCUT2D eigenvalue weighted by atomic mass is 16.4. The lowest BCUT2D eigenvalue weighted by Gasteiger charge is -2.09. The Hall–Kier alpha value is -0.570. The normalized spacial score (nSPS) is 12.5. The van der Waals surface area contributed by atoms with Crippen molar-refractivity contribution in [1.29, 1.82) is 0 Å². The molecule has 0 radical (unpaired) electrons. The molecule has 0 saturated carbocycles. The summed E-state index contributed by atoms with van der Waals surface area (Å²) < 4.78 is 0. The summed E-state index contributed by atoms with van der Waals surface area (Å²) in [7, 11) is 0. The molecule has 0 aromatic rings. The van der Waals surface area contributed by atoms with Crippen molar-refractivity contribution in [3.63, 3.8) is 0 Å².